The topological polar surface area (TPSA) is 37.3 Å². The second kappa shape index (κ2) is 6.25. The zero-order valence-electron chi connectivity index (χ0n) is 8.32. The van der Waals surface area contributed by atoms with Crippen LogP contribution >= 0.6 is 11.6 Å². The fourth-order valence-corrected chi connectivity index (χ4v) is 1.43. The van der Waals surface area contributed by atoms with E-state index < -0.39 is 5.97 Å². The van der Waals surface area contributed by atoms with Crippen molar-refractivity contribution >= 4 is 23.6 Å². The molecule has 0 spiro atoms. The summed E-state index contributed by atoms with van der Waals surface area (Å²) in [5.74, 6) is -0.307. The summed E-state index contributed by atoms with van der Waals surface area (Å²) in [6.45, 7) is 0. The summed E-state index contributed by atoms with van der Waals surface area (Å²) in [7, 11) is 0. The van der Waals surface area contributed by atoms with Crippen LogP contribution in [0.4, 0.5) is 0 Å². The number of alkyl halides is 1. The Balaban J connectivity index is 2.76. The number of halogens is 1. The Hall–Kier alpha value is -1.28. The molecule has 0 aliphatic carbocycles. The fourth-order valence-electron chi connectivity index (χ4n) is 1.34. The van der Waals surface area contributed by atoms with Crippen molar-refractivity contribution in [2.24, 2.45) is 0 Å². The standard InChI is InChI=1S/C12H13ClO2/c13-9-3-6-10-4-1-2-5-11(10)7-8-12(14)15/h1-6H,7-9H2,(H,14,15). The largest absolute Gasteiger partial charge is 0.481 e. The highest BCUT2D eigenvalue weighted by molar-refractivity contribution is 6.19. The van der Waals surface area contributed by atoms with E-state index in [2.05, 4.69) is 0 Å². The van der Waals surface area contributed by atoms with Crippen molar-refractivity contribution in [1.82, 2.24) is 0 Å². The van der Waals surface area contributed by atoms with Crippen LogP contribution in [0.25, 0.3) is 6.08 Å². The van der Waals surface area contributed by atoms with E-state index in [4.69, 9.17) is 16.7 Å². The molecule has 0 fully saturated rings. The average Bonchev–Trinajstić information content (AvgIpc) is 2.24. The lowest BCUT2D eigenvalue weighted by Gasteiger charge is -2.03. The molecule has 0 amide bonds. The first-order valence-corrected chi connectivity index (χ1v) is 5.29. The van der Waals surface area contributed by atoms with Gasteiger partial charge in [0.15, 0.2) is 0 Å². The summed E-state index contributed by atoms with van der Waals surface area (Å²) in [6, 6.07) is 7.74. The van der Waals surface area contributed by atoms with Gasteiger partial charge in [0.1, 0.15) is 0 Å². The second-order valence-corrected chi connectivity index (χ2v) is 3.46. The molecule has 0 heterocycles. The maximum Gasteiger partial charge on any atom is 0.303 e. The van der Waals surface area contributed by atoms with Gasteiger partial charge in [-0.05, 0) is 17.5 Å². The predicted octanol–water partition coefficient (Wildman–Crippen LogP) is 2.96. The molecule has 80 valence electrons. The van der Waals surface area contributed by atoms with Gasteiger partial charge in [-0.2, -0.15) is 0 Å². The summed E-state index contributed by atoms with van der Waals surface area (Å²) >= 11 is 5.55. The summed E-state index contributed by atoms with van der Waals surface area (Å²) in [6.07, 6.45) is 4.48. The summed E-state index contributed by atoms with van der Waals surface area (Å²) in [5.41, 5.74) is 2.08. The molecule has 1 rings (SSSR count). The lowest BCUT2D eigenvalue weighted by Crippen LogP contribution is -1.98. The van der Waals surface area contributed by atoms with Gasteiger partial charge in [-0.25, -0.2) is 0 Å². The van der Waals surface area contributed by atoms with Crippen LogP contribution < -0.4 is 0 Å². The number of aryl methyl sites for hydroxylation is 1. The lowest BCUT2D eigenvalue weighted by molar-refractivity contribution is -0.136. The van der Waals surface area contributed by atoms with Crippen LogP contribution in [0.15, 0.2) is 30.3 Å². The van der Waals surface area contributed by atoms with Crippen molar-refractivity contribution in [3.05, 3.63) is 41.5 Å². The van der Waals surface area contributed by atoms with E-state index in [9.17, 15) is 4.79 Å². The summed E-state index contributed by atoms with van der Waals surface area (Å²) in [5, 5.41) is 8.60. The van der Waals surface area contributed by atoms with Crippen molar-refractivity contribution in [3.8, 4) is 0 Å². The molecule has 0 aliphatic heterocycles. The van der Waals surface area contributed by atoms with Crippen LogP contribution in [0.2, 0.25) is 0 Å². The Bertz CT molecular complexity index is 358. The van der Waals surface area contributed by atoms with E-state index in [1.165, 1.54) is 0 Å². The predicted molar refractivity (Wildman–Crippen MR) is 62.2 cm³/mol. The van der Waals surface area contributed by atoms with Gasteiger partial charge in [0.05, 0.1) is 0 Å². The second-order valence-electron chi connectivity index (χ2n) is 3.15. The molecule has 2 nitrogen and oxygen atoms in total. The molecule has 0 aromatic heterocycles. The van der Waals surface area contributed by atoms with Gasteiger partial charge >= 0.3 is 5.97 Å². The number of allylic oxidation sites excluding steroid dienone is 1. The third-order valence-electron chi connectivity index (χ3n) is 2.05. The Morgan fingerprint density at radius 1 is 1.40 bits per heavy atom. The molecule has 0 unspecified atom stereocenters. The van der Waals surface area contributed by atoms with Crippen molar-refractivity contribution in [2.75, 3.05) is 5.88 Å². The SMILES string of the molecule is O=C(O)CCc1ccccc1C=CCCl. The minimum absolute atomic E-state index is 0.158. The zero-order valence-corrected chi connectivity index (χ0v) is 9.07. The Morgan fingerprint density at radius 2 is 2.13 bits per heavy atom. The lowest BCUT2D eigenvalue weighted by atomic mass is 10.0. The Morgan fingerprint density at radius 3 is 2.80 bits per heavy atom. The van der Waals surface area contributed by atoms with Gasteiger partial charge in [0.25, 0.3) is 0 Å². The summed E-state index contributed by atoms with van der Waals surface area (Å²) in [4.78, 5) is 10.5. The molecule has 0 radical (unpaired) electrons. The van der Waals surface area contributed by atoms with E-state index in [1.54, 1.807) is 0 Å². The minimum Gasteiger partial charge on any atom is -0.481 e. The van der Waals surface area contributed by atoms with Gasteiger partial charge in [-0.1, -0.05) is 36.4 Å². The number of hydrogen-bond donors (Lipinski definition) is 1. The van der Waals surface area contributed by atoms with E-state index in [0.29, 0.717) is 12.3 Å². The van der Waals surface area contributed by atoms with Gasteiger partial charge < -0.3 is 5.11 Å². The van der Waals surface area contributed by atoms with Crippen molar-refractivity contribution in [1.29, 1.82) is 0 Å². The Kier molecular flexibility index (Phi) is 4.91. The molecule has 1 aromatic carbocycles. The summed E-state index contributed by atoms with van der Waals surface area (Å²) < 4.78 is 0. The number of hydrogen-bond acceptors (Lipinski definition) is 1. The monoisotopic (exact) mass is 224 g/mol. The molecular formula is C12H13ClO2. The van der Waals surface area contributed by atoms with Gasteiger partial charge in [-0.3, -0.25) is 4.79 Å². The molecule has 1 N–H and O–H groups in total. The van der Waals surface area contributed by atoms with Crippen molar-refractivity contribution in [3.63, 3.8) is 0 Å². The van der Waals surface area contributed by atoms with Crippen LogP contribution in [0.5, 0.6) is 0 Å². The first-order chi connectivity index (χ1) is 7.24. The molecule has 0 aliphatic rings. The number of benzene rings is 1. The van der Waals surface area contributed by atoms with E-state index in [-0.39, 0.29) is 6.42 Å². The van der Waals surface area contributed by atoms with Crippen LogP contribution in [-0.4, -0.2) is 17.0 Å². The first-order valence-electron chi connectivity index (χ1n) is 4.76. The Labute approximate surface area is 94.2 Å². The maximum absolute atomic E-state index is 10.5. The maximum atomic E-state index is 10.5. The molecule has 15 heavy (non-hydrogen) atoms. The van der Waals surface area contributed by atoms with Crippen LogP contribution in [0.3, 0.4) is 0 Å². The van der Waals surface area contributed by atoms with Crippen molar-refractivity contribution < 1.29 is 9.90 Å². The molecule has 0 saturated heterocycles. The highest BCUT2D eigenvalue weighted by Crippen LogP contribution is 2.13. The molecular weight excluding hydrogens is 212 g/mol. The molecule has 0 atom stereocenters. The van der Waals surface area contributed by atoms with Crippen LogP contribution in [0, 0.1) is 0 Å². The highest BCUT2D eigenvalue weighted by Gasteiger charge is 2.01. The number of rotatable bonds is 5. The fraction of sp³-hybridized carbons (Fsp3) is 0.250. The van der Waals surface area contributed by atoms with Crippen molar-refractivity contribution in [2.45, 2.75) is 12.8 Å². The van der Waals surface area contributed by atoms with Crippen LogP contribution in [-0.2, 0) is 11.2 Å². The van der Waals surface area contributed by atoms with Gasteiger partial charge in [0, 0.05) is 12.3 Å². The third kappa shape index (κ3) is 4.17. The molecule has 1 aromatic rings. The van der Waals surface area contributed by atoms with E-state index in [0.717, 1.165) is 11.1 Å². The first kappa shape index (κ1) is 11.8. The number of aliphatic carboxylic acids is 1. The van der Waals surface area contributed by atoms with Gasteiger partial charge in [0.2, 0.25) is 0 Å². The van der Waals surface area contributed by atoms with Gasteiger partial charge in [-0.15, -0.1) is 11.6 Å². The smallest absolute Gasteiger partial charge is 0.303 e. The quantitative estimate of drug-likeness (QED) is 0.781. The molecule has 0 saturated carbocycles. The van der Waals surface area contributed by atoms with E-state index in [1.807, 2.05) is 36.4 Å². The zero-order chi connectivity index (χ0) is 11.1. The number of carboxylic acids is 1. The number of carboxylic acid groups (broad SMARTS) is 1. The normalized spacial score (nSPS) is 10.7. The number of carbonyl (C=O) groups is 1. The average molecular weight is 225 g/mol. The van der Waals surface area contributed by atoms with Crippen LogP contribution in [0.1, 0.15) is 17.5 Å². The molecule has 3 heteroatoms. The minimum atomic E-state index is -0.772. The third-order valence-corrected chi connectivity index (χ3v) is 2.23. The highest BCUT2D eigenvalue weighted by atomic mass is 35.5. The molecule has 0 bridgehead atoms. The van der Waals surface area contributed by atoms with E-state index >= 15 is 0 Å².